The molecule has 1 aromatic carbocycles. The van der Waals surface area contributed by atoms with Gasteiger partial charge in [-0.1, -0.05) is 13.0 Å². The van der Waals surface area contributed by atoms with E-state index in [2.05, 4.69) is 43.2 Å². The summed E-state index contributed by atoms with van der Waals surface area (Å²) in [6, 6.07) is 6.61. The number of nitrogens with one attached hydrogen (secondary N) is 1. The molecular formula is C13H18N2. The predicted octanol–water partition coefficient (Wildman–Crippen LogP) is 2.61. The third-order valence-corrected chi connectivity index (χ3v) is 2.94. The van der Waals surface area contributed by atoms with Crippen molar-refractivity contribution in [3.8, 4) is 0 Å². The molecule has 2 nitrogen and oxygen atoms in total. The lowest BCUT2D eigenvalue weighted by Crippen LogP contribution is -2.12. The third kappa shape index (κ3) is 2.05. The predicted molar refractivity (Wildman–Crippen MR) is 65.0 cm³/mol. The summed E-state index contributed by atoms with van der Waals surface area (Å²) in [7, 11) is 0. The number of hydrogen-bond acceptors (Lipinski definition) is 1. The molecule has 0 radical (unpaired) electrons. The van der Waals surface area contributed by atoms with Crippen LogP contribution in [0.3, 0.4) is 0 Å². The Hall–Kier alpha value is -1.28. The molecule has 0 aliphatic carbocycles. The van der Waals surface area contributed by atoms with Crippen LogP contribution >= 0.6 is 0 Å². The van der Waals surface area contributed by atoms with E-state index in [-0.39, 0.29) is 0 Å². The van der Waals surface area contributed by atoms with Gasteiger partial charge in [-0.15, -0.1) is 0 Å². The highest BCUT2D eigenvalue weighted by Crippen LogP contribution is 2.20. The topological polar surface area (TPSA) is 41.8 Å². The molecule has 3 N–H and O–H groups in total. The Bertz CT molecular complexity index is 457. The molecule has 0 saturated carbocycles. The van der Waals surface area contributed by atoms with E-state index in [1.54, 1.807) is 0 Å². The molecule has 1 aromatic heterocycles. The summed E-state index contributed by atoms with van der Waals surface area (Å²) >= 11 is 0. The maximum Gasteiger partial charge on any atom is 0.0456 e. The first-order valence-electron chi connectivity index (χ1n) is 5.47. The Labute approximate surface area is 90.5 Å². The van der Waals surface area contributed by atoms with Crippen molar-refractivity contribution in [3.63, 3.8) is 0 Å². The summed E-state index contributed by atoms with van der Waals surface area (Å²) in [4.78, 5) is 3.26. The first-order valence-corrected chi connectivity index (χ1v) is 5.47. The van der Waals surface area contributed by atoms with Crippen LogP contribution in [0.4, 0.5) is 0 Å². The fourth-order valence-corrected chi connectivity index (χ4v) is 1.92. The van der Waals surface area contributed by atoms with Gasteiger partial charge in [-0.3, -0.25) is 0 Å². The van der Waals surface area contributed by atoms with Crippen LogP contribution in [0.2, 0.25) is 0 Å². The Morgan fingerprint density at radius 2 is 2.20 bits per heavy atom. The number of nitrogens with two attached hydrogens (primary N) is 1. The van der Waals surface area contributed by atoms with Gasteiger partial charge in [0.05, 0.1) is 0 Å². The van der Waals surface area contributed by atoms with Gasteiger partial charge >= 0.3 is 0 Å². The molecule has 2 aromatic rings. The van der Waals surface area contributed by atoms with Crippen LogP contribution in [0.1, 0.15) is 18.1 Å². The van der Waals surface area contributed by atoms with Crippen LogP contribution in [0, 0.1) is 12.8 Å². The first-order chi connectivity index (χ1) is 7.20. The van der Waals surface area contributed by atoms with E-state index in [1.807, 2.05) is 0 Å². The normalized spacial score (nSPS) is 13.3. The highest BCUT2D eigenvalue weighted by Gasteiger charge is 2.04. The molecule has 0 fully saturated rings. The second-order valence-corrected chi connectivity index (χ2v) is 4.40. The van der Waals surface area contributed by atoms with Gasteiger partial charge in [0.2, 0.25) is 0 Å². The highest BCUT2D eigenvalue weighted by atomic mass is 14.7. The van der Waals surface area contributed by atoms with Crippen molar-refractivity contribution in [1.29, 1.82) is 0 Å². The molecule has 1 unspecified atom stereocenters. The number of benzene rings is 1. The molecule has 1 atom stereocenters. The lowest BCUT2D eigenvalue weighted by molar-refractivity contribution is 0.593. The van der Waals surface area contributed by atoms with E-state index >= 15 is 0 Å². The molecule has 0 bridgehead atoms. The highest BCUT2D eigenvalue weighted by molar-refractivity contribution is 5.83. The smallest absolute Gasteiger partial charge is 0.0456 e. The summed E-state index contributed by atoms with van der Waals surface area (Å²) in [5.41, 5.74) is 9.55. The molecule has 0 aliphatic heterocycles. The van der Waals surface area contributed by atoms with Crippen LogP contribution in [0.15, 0.2) is 24.4 Å². The van der Waals surface area contributed by atoms with Crippen LogP contribution in [0.5, 0.6) is 0 Å². The Balaban J connectivity index is 2.33. The number of aromatic nitrogens is 1. The van der Waals surface area contributed by atoms with Crippen molar-refractivity contribution in [2.75, 3.05) is 6.54 Å². The van der Waals surface area contributed by atoms with Crippen molar-refractivity contribution in [2.45, 2.75) is 20.3 Å². The van der Waals surface area contributed by atoms with Gasteiger partial charge in [-0.05, 0) is 49.1 Å². The summed E-state index contributed by atoms with van der Waals surface area (Å²) in [6.45, 7) is 5.08. The van der Waals surface area contributed by atoms with Gasteiger partial charge in [-0.25, -0.2) is 0 Å². The molecule has 15 heavy (non-hydrogen) atoms. The van der Waals surface area contributed by atoms with E-state index < -0.39 is 0 Å². The van der Waals surface area contributed by atoms with Crippen LogP contribution in [-0.4, -0.2) is 11.5 Å². The molecule has 80 valence electrons. The van der Waals surface area contributed by atoms with Crippen molar-refractivity contribution in [2.24, 2.45) is 11.7 Å². The van der Waals surface area contributed by atoms with Crippen molar-refractivity contribution >= 4 is 10.9 Å². The molecule has 1 heterocycles. The van der Waals surface area contributed by atoms with Gasteiger partial charge in [0.15, 0.2) is 0 Å². The van der Waals surface area contributed by atoms with Crippen molar-refractivity contribution in [3.05, 3.63) is 35.5 Å². The minimum absolute atomic E-state index is 0.557. The standard InChI is InChI=1S/C13H18N2/c1-9(7-14)5-11-3-4-13-12(6-11)10(2)8-15-13/h3-4,6,8-9,15H,5,7,14H2,1-2H3. The average Bonchev–Trinajstić information content (AvgIpc) is 2.60. The zero-order valence-corrected chi connectivity index (χ0v) is 9.38. The summed E-state index contributed by atoms with van der Waals surface area (Å²) in [5.74, 6) is 0.557. The van der Waals surface area contributed by atoms with Gasteiger partial charge < -0.3 is 10.7 Å². The van der Waals surface area contributed by atoms with Crippen molar-refractivity contribution in [1.82, 2.24) is 4.98 Å². The lowest BCUT2D eigenvalue weighted by Gasteiger charge is -2.08. The molecule has 0 saturated heterocycles. The van der Waals surface area contributed by atoms with E-state index in [0.717, 1.165) is 13.0 Å². The fourth-order valence-electron chi connectivity index (χ4n) is 1.92. The molecule has 2 rings (SSSR count). The first kappa shape index (κ1) is 10.2. The number of fused-ring (bicyclic) bond motifs is 1. The SMILES string of the molecule is Cc1c[nH]c2ccc(CC(C)CN)cc12. The molecule has 0 aliphatic rings. The Morgan fingerprint density at radius 1 is 1.40 bits per heavy atom. The van der Waals surface area contributed by atoms with E-state index in [9.17, 15) is 0 Å². The van der Waals surface area contributed by atoms with E-state index in [0.29, 0.717) is 5.92 Å². The summed E-state index contributed by atoms with van der Waals surface area (Å²) in [5, 5.41) is 1.33. The molecule has 2 heteroatoms. The van der Waals surface area contributed by atoms with Crippen LogP contribution in [-0.2, 0) is 6.42 Å². The number of H-pyrrole nitrogens is 1. The zero-order valence-electron chi connectivity index (χ0n) is 9.38. The Kier molecular flexibility index (Phi) is 2.78. The molecular weight excluding hydrogens is 184 g/mol. The Morgan fingerprint density at radius 3 is 2.93 bits per heavy atom. The van der Waals surface area contributed by atoms with E-state index in [4.69, 9.17) is 5.73 Å². The minimum Gasteiger partial charge on any atom is -0.361 e. The van der Waals surface area contributed by atoms with Gasteiger partial charge in [0.25, 0.3) is 0 Å². The van der Waals surface area contributed by atoms with Crippen LogP contribution in [0.25, 0.3) is 10.9 Å². The van der Waals surface area contributed by atoms with Crippen LogP contribution < -0.4 is 5.73 Å². The number of rotatable bonds is 3. The monoisotopic (exact) mass is 202 g/mol. The second-order valence-electron chi connectivity index (χ2n) is 4.40. The van der Waals surface area contributed by atoms with E-state index in [1.165, 1.54) is 22.0 Å². The number of aromatic amines is 1. The van der Waals surface area contributed by atoms with Gasteiger partial charge in [0.1, 0.15) is 0 Å². The zero-order chi connectivity index (χ0) is 10.8. The quantitative estimate of drug-likeness (QED) is 0.789. The number of hydrogen-bond donors (Lipinski definition) is 2. The largest absolute Gasteiger partial charge is 0.361 e. The number of aryl methyl sites for hydroxylation is 1. The molecule has 0 amide bonds. The second kappa shape index (κ2) is 4.07. The van der Waals surface area contributed by atoms with Gasteiger partial charge in [0, 0.05) is 17.1 Å². The fraction of sp³-hybridized carbons (Fsp3) is 0.385. The maximum atomic E-state index is 5.64. The summed E-state index contributed by atoms with van der Waals surface area (Å²) < 4.78 is 0. The van der Waals surface area contributed by atoms with Gasteiger partial charge in [-0.2, -0.15) is 0 Å². The third-order valence-electron chi connectivity index (χ3n) is 2.94. The minimum atomic E-state index is 0.557. The van der Waals surface area contributed by atoms with Crippen molar-refractivity contribution < 1.29 is 0 Å². The molecule has 0 spiro atoms. The lowest BCUT2D eigenvalue weighted by atomic mass is 9.99. The maximum absolute atomic E-state index is 5.64. The average molecular weight is 202 g/mol. The summed E-state index contributed by atoms with van der Waals surface area (Å²) in [6.07, 6.45) is 3.12.